The van der Waals surface area contributed by atoms with E-state index in [0.29, 0.717) is 44.0 Å². The molecule has 0 unspecified atom stereocenters. The van der Waals surface area contributed by atoms with Crippen molar-refractivity contribution in [2.24, 2.45) is 0 Å². The number of alkyl halides is 3. The van der Waals surface area contributed by atoms with Crippen LogP contribution in [0.4, 0.5) is 29.3 Å². The lowest BCUT2D eigenvalue weighted by Crippen LogP contribution is -2.51. The molecule has 3 aromatic rings. The first-order chi connectivity index (χ1) is 19.1. The van der Waals surface area contributed by atoms with Gasteiger partial charge in [-0.15, -0.1) is 5.10 Å². The zero-order chi connectivity index (χ0) is 30.3. The molecule has 0 radical (unpaired) electrons. The molecule has 41 heavy (non-hydrogen) atoms. The van der Waals surface area contributed by atoms with Crippen molar-refractivity contribution < 1.29 is 27.5 Å². The summed E-state index contributed by atoms with van der Waals surface area (Å²) in [6, 6.07) is 1.94. The van der Waals surface area contributed by atoms with Gasteiger partial charge in [-0.1, -0.05) is 6.92 Å². The molecule has 1 saturated heterocycles. The molecule has 12 nitrogen and oxygen atoms in total. The molecule has 4 heterocycles. The summed E-state index contributed by atoms with van der Waals surface area (Å²) in [5.41, 5.74) is -1.17. The second-order valence-corrected chi connectivity index (χ2v) is 11.2. The molecule has 1 aliphatic heterocycles. The highest BCUT2D eigenvalue weighted by molar-refractivity contribution is 9.10. The number of aromatic nitrogens is 5. The molecule has 0 atom stereocenters. The van der Waals surface area contributed by atoms with Crippen molar-refractivity contribution in [3.8, 4) is 0 Å². The molecular formula is C25H30BrF3N8O4. The third-order valence-corrected chi connectivity index (χ3v) is 6.67. The number of carbonyl (C=O) groups is 2. The fraction of sp³-hybridized carbons (Fsp3) is 0.520. The monoisotopic (exact) mass is 642 g/mol. The van der Waals surface area contributed by atoms with Crippen molar-refractivity contribution >= 4 is 45.1 Å². The minimum absolute atomic E-state index is 0.00251. The van der Waals surface area contributed by atoms with Crippen molar-refractivity contribution in [2.75, 3.05) is 36.4 Å². The van der Waals surface area contributed by atoms with Gasteiger partial charge in [0.1, 0.15) is 23.5 Å². The second kappa shape index (κ2) is 11.3. The average Bonchev–Trinajstić information content (AvgIpc) is 3.27. The largest absolute Gasteiger partial charge is 0.444 e. The molecule has 1 aliphatic rings. The van der Waals surface area contributed by atoms with Gasteiger partial charge < -0.3 is 24.4 Å². The minimum atomic E-state index is -4.61. The molecule has 2 amide bonds. The van der Waals surface area contributed by atoms with Crippen LogP contribution in [-0.4, -0.2) is 72.8 Å². The van der Waals surface area contributed by atoms with Crippen molar-refractivity contribution in [1.29, 1.82) is 0 Å². The van der Waals surface area contributed by atoms with Crippen LogP contribution >= 0.6 is 15.9 Å². The predicted molar refractivity (Wildman–Crippen MR) is 147 cm³/mol. The number of carbonyl (C=O) groups excluding carboxylic acids is 2. The smallest absolute Gasteiger partial charge is 0.433 e. The Morgan fingerprint density at radius 2 is 1.76 bits per heavy atom. The Morgan fingerprint density at radius 1 is 1.10 bits per heavy atom. The van der Waals surface area contributed by atoms with Gasteiger partial charge in [-0.05, 0) is 62.2 Å². The van der Waals surface area contributed by atoms with Gasteiger partial charge in [0, 0.05) is 26.2 Å². The third-order valence-electron chi connectivity index (χ3n) is 6.33. The highest BCUT2D eigenvalue weighted by Gasteiger charge is 2.33. The van der Waals surface area contributed by atoms with Gasteiger partial charge in [0.2, 0.25) is 16.4 Å². The van der Waals surface area contributed by atoms with Gasteiger partial charge in [0.25, 0.3) is 5.56 Å². The number of halogens is 4. The summed E-state index contributed by atoms with van der Waals surface area (Å²) in [6.45, 7) is 9.56. The first-order valence-corrected chi connectivity index (χ1v) is 13.6. The molecule has 0 aliphatic carbocycles. The lowest BCUT2D eigenvalue weighted by atomic mass is 10.2. The highest BCUT2D eigenvalue weighted by Crippen LogP contribution is 2.29. The number of nitrogens with zero attached hydrogens (tertiary/aromatic N) is 7. The van der Waals surface area contributed by atoms with E-state index in [2.05, 4.69) is 36.3 Å². The van der Waals surface area contributed by atoms with Gasteiger partial charge in [-0.3, -0.25) is 9.59 Å². The fourth-order valence-electron chi connectivity index (χ4n) is 4.53. The molecule has 1 fully saturated rings. The van der Waals surface area contributed by atoms with Crippen LogP contribution < -0.4 is 15.8 Å². The van der Waals surface area contributed by atoms with Crippen LogP contribution in [0.2, 0.25) is 0 Å². The van der Waals surface area contributed by atoms with Crippen LogP contribution in [0.3, 0.4) is 0 Å². The number of nitrogens with one attached hydrogen (secondary N) is 1. The van der Waals surface area contributed by atoms with E-state index in [1.54, 1.807) is 30.2 Å². The Morgan fingerprint density at radius 3 is 2.32 bits per heavy atom. The number of fused-ring (bicyclic) bond motifs is 1. The van der Waals surface area contributed by atoms with Crippen molar-refractivity contribution in [3.05, 3.63) is 44.3 Å². The molecule has 1 N–H and O–H groups in total. The van der Waals surface area contributed by atoms with Crippen LogP contribution in [0.5, 0.6) is 0 Å². The third kappa shape index (κ3) is 6.63. The maximum atomic E-state index is 13.6. The highest BCUT2D eigenvalue weighted by atomic mass is 79.9. The first kappa shape index (κ1) is 30.3. The SMILES string of the molecule is CCc1c(N2CCN(C(=O)OC(C)(C)C)CC2)c(=O)n2nc(Br)nc2n1CC(=O)Nc1ccc(C(F)(F)F)nc1C. The van der Waals surface area contributed by atoms with E-state index in [0.717, 1.165) is 16.6 Å². The van der Waals surface area contributed by atoms with E-state index in [-0.39, 0.29) is 28.4 Å². The Kier molecular flexibility index (Phi) is 8.34. The second-order valence-electron chi connectivity index (χ2n) is 10.5. The van der Waals surface area contributed by atoms with Gasteiger partial charge in [-0.25, -0.2) is 9.78 Å². The summed E-state index contributed by atoms with van der Waals surface area (Å²) in [5.74, 6) is -0.443. The van der Waals surface area contributed by atoms with Gasteiger partial charge in [0.05, 0.1) is 17.1 Å². The number of hydrogen-bond acceptors (Lipinski definition) is 8. The van der Waals surface area contributed by atoms with Crippen LogP contribution in [0.25, 0.3) is 5.78 Å². The van der Waals surface area contributed by atoms with E-state index in [1.807, 2.05) is 11.8 Å². The number of anilines is 2. The number of aryl methyl sites for hydroxylation is 1. The van der Waals surface area contributed by atoms with E-state index in [9.17, 15) is 27.6 Å². The zero-order valence-corrected chi connectivity index (χ0v) is 24.8. The van der Waals surface area contributed by atoms with Gasteiger partial charge in [0.15, 0.2) is 0 Å². The predicted octanol–water partition coefficient (Wildman–Crippen LogP) is 3.63. The van der Waals surface area contributed by atoms with E-state index < -0.39 is 35.0 Å². The maximum absolute atomic E-state index is 13.6. The fourth-order valence-corrected chi connectivity index (χ4v) is 4.85. The van der Waals surface area contributed by atoms with E-state index >= 15 is 0 Å². The summed E-state index contributed by atoms with van der Waals surface area (Å²) in [7, 11) is 0. The Bertz CT molecular complexity index is 1540. The van der Waals surface area contributed by atoms with Crippen LogP contribution in [0.1, 0.15) is 44.8 Å². The average molecular weight is 643 g/mol. The van der Waals surface area contributed by atoms with E-state index in [4.69, 9.17) is 4.74 Å². The number of hydrogen-bond donors (Lipinski definition) is 1. The number of piperazine rings is 1. The Hall–Kier alpha value is -3.69. The molecule has 0 saturated carbocycles. The number of amides is 2. The molecule has 0 spiro atoms. The van der Waals surface area contributed by atoms with Gasteiger partial charge in [-0.2, -0.15) is 22.7 Å². The standard InChI is InChI=1S/C25H30BrF3N8O4/c1-6-16-19(34-9-11-35(12-10-34)23(40)41-24(3,4)5)20(39)37-22(32-21(26)33-37)36(16)13-18(38)31-15-7-8-17(25(27,28)29)30-14(15)2/h7-8H,6,9-13H2,1-5H3,(H,31,38). The molecule has 0 bridgehead atoms. The quantitative estimate of drug-likeness (QED) is 0.447. The van der Waals surface area contributed by atoms with Crippen LogP contribution in [0, 0.1) is 6.92 Å². The summed E-state index contributed by atoms with van der Waals surface area (Å²) in [6.07, 6.45) is -4.70. The van der Waals surface area contributed by atoms with Gasteiger partial charge >= 0.3 is 12.3 Å². The molecule has 3 aromatic heterocycles. The van der Waals surface area contributed by atoms with Crippen molar-refractivity contribution in [1.82, 2.24) is 29.0 Å². The summed E-state index contributed by atoms with van der Waals surface area (Å²) in [5, 5.41) is 6.76. The summed E-state index contributed by atoms with van der Waals surface area (Å²) in [4.78, 5) is 50.5. The lowest BCUT2D eigenvalue weighted by Gasteiger charge is -2.37. The minimum Gasteiger partial charge on any atom is -0.444 e. The molecule has 4 rings (SSSR count). The maximum Gasteiger partial charge on any atom is 0.433 e. The normalized spacial score (nSPS) is 14.5. The zero-order valence-electron chi connectivity index (χ0n) is 23.2. The molecule has 222 valence electrons. The van der Waals surface area contributed by atoms with Crippen molar-refractivity contribution in [2.45, 2.75) is 59.4 Å². The summed E-state index contributed by atoms with van der Waals surface area (Å²) >= 11 is 3.19. The molecule has 0 aromatic carbocycles. The topological polar surface area (TPSA) is 127 Å². The van der Waals surface area contributed by atoms with Crippen molar-refractivity contribution in [3.63, 3.8) is 0 Å². The number of rotatable bonds is 5. The summed E-state index contributed by atoms with van der Waals surface area (Å²) < 4.78 is 47.3. The molecular weight excluding hydrogens is 613 g/mol. The lowest BCUT2D eigenvalue weighted by molar-refractivity contribution is -0.141. The van der Waals surface area contributed by atoms with E-state index in [1.165, 1.54) is 6.92 Å². The Labute approximate surface area is 241 Å². The Balaban J connectivity index is 1.64. The number of ether oxygens (including phenoxy) is 1. The molecule has 16 heteroatoms. The number of pyridine rings is 1. The first-order valence-electron chi connectivity index (χ1n) is 12.8. The van der Waals surface area contributed by atoms with Crippen LogP contribution in [-0.2, 0) is 28.7 Å². The van der Waals surface area contributed by atoms with Crippen LogP contribution in [0.15, 0.2) is 21.7 Å².